The first-order chi connectivity index (χ1) is 15.6. The van der Waals surface area contributed by atoms with E-state index in [1.54, 1.807) is 30.5 Å². The number of carbonyl (C=O) groups is 1. The first-order valence-corrected chi connectivity index (χ1v) is 10.3. The highest BCUT2D eigenvalue weighted by molar-refractivity contribution is 6.08. The summed E-state index contributed by atoms with van der Waals surface area (Å²) in [5.41, 5.74) is 3.51. The molecule has 2 aliphatic rings. The second-order valence-electron chi connectivity index (χ2n) is 7.41. The van der Waals surface area contributed by atoms with Crippen molar-refractivity contribution in [2.45, 2.75) is 6.92 Å². The van der Waals surface area contributed by atoms with Crippen molar-refractivity contribution in [3.8, 4) is 11.6 Å². The molecule has 0 saturated heterocycles. The number of ether oxygens (including phenoxy) is 2. The van der Waals surface area contributed by atoms with Crippen molar-refractivity contribution in [1.29, 1.82) is 0 Å². The van der Waals surface area contributed by atoms with Crippen LogP contribution in [-0.2, 0) is 0 Å². The second-order valence-corrected chi connectivity index (χ2v) is 7.41. The normalized spacial score (nSPS) is 13.9. The van der Waals surface area contributed by atoms with Crippen LogP contribution in [0.4, 0.5) is 28.4 Å². The van der Waals surface area contributed by atoms with E-state index in [9.17, 15) is 9.59 Å². The number of rotatable bonds is 4. The summed E-state index contributed by atoms with van der Waals surface area (Å²) in [5, 5.41) is 12.5. The molecule has 10 nitrogen and oxygen atoms in total. The molecule has 0 atom stereocenters. The summed E-state index contributed by atoms with van der Waals surface area (Å²) in [5.74, 6) is 0.728. The molecule has 0 unspecified atom stereocenters. The van der Waals surface area contributed by atoms with Gasteiger partial charge in [-0.25, -0.2) is 4.98 Å². The third-order valence-electron chi connectivity index (χ3n) is 5.32. The molecule has 0 fully saturated rings. The molecule has 0 spiro atoms. The van der Waals surface area contributed by atoms with Crippen molar-refractivity contribution >= 4 is 34.3 Å². The van der Waals surface area contributed by atoms with Gasteiger partial charge >= 0.3 is 0 Å². The van der Waals surface area contributed by atoms with Gasteiger partial charge in [-0.05, 0) is 31.2 Å². The van der Waals surface area contributed by atoms with Crippen LogP contribution in [-0.4, -0.2) is 42.2 Å². The molecule has 1 aromatic carbocycles. The molecule has 0 saturated carbocycles. The number of benzene rings is 1. The summed E-state index contributed by atoms with van der Waals surface area (Å²) in [4.78, 5) is 32.5. The van der Waals surface area contributed by atoms with E-state index in [2.05, 4.69) is 31.2 Å². The average molecular weight is 434 g/mol. The molecule has 0 bridgehead atoms. The Morgan fingerprint density at radius 1 is 1.09 bits per heavy atom. The summed E-state index contributed by atoms with van der Waals surface area (Å²) >= 11 is 0. The fourth-order valence-electron chi connectivity index (χ4n) is 3.71. The van der Waals surface area contributed by atoms with Gasteiger partial charge in [-0.3, -0.25) is 9.59 Å². The number of hydrogen-bond acceptors (Lipinski definition) is 8. The maximum Gasteiger partial charge on any atom is 0.263 e. The minimum absolute atomic E-state index is 0.0317. The molecule has 0 aliphatic carbocycles. The van der Waals surface area contributed by atoms with Crippen molar-refractivity contribution in [1.82, 2.24) is 9.97 Å². The zero-order chi connectivity index (χ0) is 22.1. The first kappa shape index (κ1) is 19.7. The van der Waals surface area contributed by atoms with Gasteiger partial charge in [0.15, 0.2) is 0 Å². The minimum Gasteiger partial charge on any atom is -0.490 e. The van der Waals surface area contributed by atoms with Gasteiger partial charge in [0.25, 0.3) is 11.5 Å². The number of amides is 1. The highest BCUT2D eigenvalue weighted by Crippen LogP contribution is 2.34. The number of aromatic amines is 1. The molecule has 5 rings (SSSR count). The third-order valence-corrected chi connectivity index (χ3v) is 5.32. The molecule has 4 heterocycles. The lowest BCUT2D eigenvalue weighted by Crippen LogP contribution is -2.25. The highest BCUT2D eigenvalue weighted by atomic mass is 16.5. The van der Waals surface area contributed by atoms with Gasteiger partial charge in [-0.15, -0.1) is 0 Å². The van der Waals surface area contributed by atoms with Crippen LogP contribution in [0.2, 0.25) is 0 Å². The Labute approximate surface area is 183 Å². The summed E-state index contributed by atoms with van der Waals surface area (Å²) in [6, 6.07) is 6.93. The number of H-pyrrole nitrogens is 1. The number of nitrogens with zero attached hydrogens (tertiary/aromatic N) is 1. The van der Waals surface area contributed by atoms with Crippen LogP contribution in [0.25, 0.3) is 0 Å². The van der Waals surface area contributed by atoms with E-state index < -0.39 is 11.5 Å². The molecule has 10 heteroatoms. The van der Waals surface area contributed by atoms with Gasteiger partial charge in [0.2, 0.25) is 5.88 Å². The topological polar surface area (TPSA) is 129 Å². The van der Waals surface area contributed by atoms with Crippen LogP contribution in [0.1, 0.15) is 15.9 Å². The van der Waals surface area contributed by atoms with Crippen molar-refractivity contribution in [2.75, 3.05) is 47.6 Å². The molecule has 1 amide bonds. The molecular weight excluding hydrogens is 412 g/mol. The Kier molecular flexibility index (Phi) is 5.02. The predicted octanol–water partition coefficient (Wildman–Crippen LogP) is 2.68. The quantitative estimate of drug-likeness (QED) is 0.424. The molecule has 32 heavy (non-hydrogen) atoms. The lowest BCUT2D eigenvalue weighted by molar-refractivity contribution is 0.102. The lowest BCUT2D eigenvalue weighted by atomic mass is 10.1. The monoisotopic (exact) mass is 434 g/mol. The summed E-state index contributed by atoms with van der Waals surface area (Å²) in [7, 11) is 0. The molecule has 3 aromatic rings. The van der Waals surface area contributed by atoms with E-state index in [1.165, 1.54) is 6.20 Å². The Morgan fingerprint density at radius 2 is 1.94 bits per heavy atom. The fraction of sp³-hybridized carbons (Fsp3) is 0.227. The Hall–Kier alpha value is -4.21. The predicted molar refractivity (Wildman–Crippen MR) is 122 cm³/mol. The zero-order valence-electron chi connectivity index (χ0n) is 17.4. The maximum atomic E-state index is 13.1. The van der Waals surface area contributed by atoms with Crippen LogP contribution in [0, 0.1) is 6.92 Å². The van der Waals surface area contributed by atoms with E-state index in [1.807, 2.05) is 6.92 Å². The van der Waals surface area contributed by atoms with Gasteiger partial charge in [-0.2, -0.15) is 0 Å². The third kappa shape index (κ3) is 3.66. The molecule has 0 radical (unpaired) electrons. The van der Waals surface area contributed by atoms with E-state index in [-0.39, 0.29) is 5.56 Å². The Balaban J connectivity index is 1.43. The van der Waals surface area contributed by atoms with E-state index in [4.69, 9.17) is 9.47 Å². The number of pyridine rings is 2. The summed E-state index contributed by atoms with van der Waals surface area (Å²) < 4.78 is 11.1. The van der Waals surface area contributed by atoms with E-state index >= 15 is 0 Å². The number of nitrogens with one attached hydrogen (secondary N) is 5. The van der Waals surface area contributed by atoms with E-state index in [0.717, 1.165) is 22.7 Å². The second kappa shape index (κ2) is 8.14. The van der Waals surface area contributed by atoms with Crippen LogP contribution >= 0.6 is 0 Å². The number of carbonyl (C=O) groups excluding carboxylic acids is 1. The van der Waals surface area contributed by atoms with Gasteiger partial charge in [0.05, 0.1) is 23.3 Å². The number of aromatic nitrogens is 2. The Bertz CT molecular complexity index is 1260. The van der Waals surface area contributed by atoms with Crippen molar-refractivity contribution in [3.63, 3.8) is 0 Å². The minimum atomic E-state index is -0.531. The number of fused-ring (bicyclic) bond motifs is 2. The van der Waals surface area contributed by atoms with Crippen molar-refractivity contribution in [3.05, 3.63) is 58.1 Å². The van der Waals surface area contributed by atoms with Crippen LogP contribution in [0.15, 0.2) is 41.5 Å². The van der Waals surface area contributed by atoms with Crippen LogP contribution in [0.5, 0.6) is 11.6 Å². The van der Waals surface area contributed by atoms with Crippen molar-refractivity contribution < 1.29 is 14.3 Å². The highest BCUT2D eigenvalue weighted by Gasteiger charge is 2.21. The first-order valence-electron chi connectivity index (χ1n) is 10.3. The van der Waals surface area contributed by atoms with Gasteiger partial charge < -0.3 is 35.7 Å². The molecular formula is C22H22N6O4. The number of hydrogen-bond donors (Lipinski definition) is 5. The standard InChI is InChI=1S/C22H22N6O4/c1-12-16(11-26-22-19(12)24-7-9-32-22)28-14-4-5-25-20(29)18(14)21(30)27-13-2-3-17-15(10-13)23-6-8-31-17/h2-5,10-11,23-24H,6-9H2,1H3,(H,27,30)(H2,25,28,29). The fourth-order valence-corrected chi connectivity index (χ4v) is 3.71. The molecule has 5 N–H and O–H groups in total. The maximum absolute atomic E-state index is 13.1. The summed E-state index contributed by atoms with van der Waals surface area (Å²) in [6.45, 7) is 4.42. The largest absolute Gasteiger partial charge is 0.490 e. The molecule has 164 valence electrons. The lowest BCUT2D eigenvalue weighted by Gasteiger charge is -2.22. The summed E-state index contributed by atoms with van der Waals surface area (Å²) in [6.07, 6.45) is 3.11. The SMILES string of the molecule is Cc1c(Nc2cc[nH]c(=O)c2C(=O)Nc2ccc3c(c2)NCCO3)cnc2c1NCCO2. The molecule has 2 aromatic heterocycles. The van der Waals surface area contributed by atoms with Gasteiger partial charge in [-0.1, -0.05) is 0 Å². The van der Waals surface area contributed by atoms with Crippen LogP contribution < -0.4 is 36.3 Å². The van der Waals surface area contributed by atoms with E-state index in [0.29, 0.717) is 49.2 Å². The average Bonchev–Trinajstić information content (AvgIpc) is 2.81. The van der Waals surface area contributed by atoms with Gasteiger partial charge in [0.1, 0.15) is 30.2 Å². The van der Waals surface area contributed by atoms with Gasteiger partial charge in [0, 0.05) is 30.5 Å². The molecule has 2 aliphatic heterocycles. The number of anilines is 5. The smallest absolute Gasteiger partial charge is 0.263 e. The van der Waals surface area contributed by atoms with Crippen molar-refractivity contribution in [2.24, 2.45) is 0 Å². The Morgan fingerprint density at radius 3 is 2.84 bits per heavy atom. The van der Waals surface area contributed by atoms with Crippen LogP contribution in [0.3, 0.4) is 0 Å². The zero-order valence-corrected chi connectivity index (χ0v) is 17.4.